The van der Waals surface area contributed by atoms with E-state index in [1.807, 2.05) is 6.07 Å². The number of carbonyl (C=O) groups excluding carboxylic acids is 1. The number of aldehydes is 1. The summed E-state index contributed by atoms with van der Waals surface area (Å²) in [6.45, 7) is 0. The van der Waals surface area contributed by atoms with Crippen molar-refractivity contribution < 1.29 is 13.2 Å². The molecule has 2 rings (SSSR count). The van der Waals surface area contributed by atoms with E-state index in [4.69, 9.17) is 0 Å². The molecule has 0 aliphatic heterocycles. The number of aromatic nitrogens is 4. The molecule has 0 fully saturated rings. The Morgan fingerprint density at radius 1 is 1.21 bits per heavy atom. The zero-order valence-corrected chi connectivity index (χ0v) is 10.8. The van der Waals surface area contributed by atoms with Crippen LogP contribution in [0.1, 0.15) is 12.8 Å². The Morgan fingerprint density at radius 3 is 2.63 bits per heavy atom. The van der Waals surface area contributed by atoms with Gasteiger partial charge in [-0.05, 0) is 29.0 Å². The molecule has 8 heteroatoms. The summed E-state index contributed by atoms with van der Waals surface area (Å²) in [5.74, 6) is -0.154. The van der Waals surface area contributed by atoms with Crippen molar-refractivity contribution in [2.75, 3.05) is 5.75 Å². The molecule has 0 saturated carbocycles. The number of hydrogen-bond acceptors (Lipinski definition) is 6. The van der Waals surface area contributed by atoms with Gasteiger partial charge in [-0.3, -0.25) is 0 Å². The summed E-state index contributed by atoms with van der Waals surface area (Å²) in [6, 6.07) is 8.76. The van der Waals surface area contributed by atoms with Gasteiger partial charge in [0, 0.05) is 6.42 Å². The zero-order chi connectivity index (χ0) is 13.7. The Kier molecular flexibility index (Phi) is 4.00. The maximum absolute atomic E-state index is 12.1. The van der Waals surface area contributed by atoms with Gasteiger partial charge in [-0.1, -0.05) is 23.3 Å². The van der Waals surface area contributed by atoms with Gasteiger partial charge < -0.3 is 4.79 Å². The molecule has 1 heterocycles. The smallest absolute Gasteiger partial charge is 0.272 e. The van der Waals surface area contributed by atoms with E-state index in [0.29, 0.717) is 12.0 Å². The van der Waals surface area contributed by atoms with Crippen LogP contribution in [0.5, 0.6) is 0 Å². The SMILES string of the molecule is O=CCCCS(=O)(=O)c1nnnn1-c1ccccc1. The van der Waals surface area contributed by atoms with Crippen LogP contribution in [0.4, 0.5) is 0 Å². The minimum Gasteiger partial charge on any atom is -0.303 e. The van der Waals surface area contributed by atoms with Crippen LogP contribution >= 0.6 is 0 Å². The molecular formula is C11H12N4O3S. The average Bonchev–Trinajstić information content (AvgIpc) is 2.90. The van der Waals surface area contributed by atoms with E-state index in [-0.39, 0.29) is 23.8 Å². The van der Waals surface area contributed by atoms with Gasteiger partial charge in [0.25, 0.3) is 5.16 Å². The van der Waals surface area contributed by atoms with Gasteiger partial charge in [-0.15, -0.1) is 0 Å². The van der Waals surface area contributed by atoms with E-state index in [1.165, 1.54) is 4.68 Å². The highest BCUT2D eigenvalue weighted by molar-refractivity contribution is 7.91. The molecule has 0 saturated heterocycles. The average molecular weight is 280 g/mol. The van der Waals surface area contributed by atoms with Crippen molar-refractivity contribution in [2.45, 2.75) is 18.0 Å². The third kappa shape index (κ3) is 3.02. The molecule has 1 aromatic carbocycles. The first-order chi connectivity index (χ1) is 9.15. The van der Waals surface area contributed by atoms with Crippen molar-refractivity contribution in [1.29, 1.82) is 0 Å². The lowest BCUT2D eigenvalue weighted by molar-refractivity contribution is -0.107. The Bertz CT molecular complexity index is 652. The van der Waals surface area contributed by atoms with Crippen molar-refractivity contribution in [3.63, 3.8) is 0 Å². The molecule has 0 bridgehead atoms. The summed E-state index contributed by atoms with van der Waals surface area (Å²) in [4.78, 5) is 10.2. The van der Waals surface area contributed by atoms with Crippen LogP contribution in [0.2, 0.25) is 0 Å². The molecule has 19 heavy (non-hydrogen) atoms. The van der Waals surface area contributed by atoms with Gasteiger partial charge in [0.05, 0.1) is 11.4 Å². The molecular weight excluding hydrogens is 268 g/mol. The van der Waals surface area contributed by atoms with E-state index in [1.54, 1.807) is 24.3 Å². The Morgan fingerprint density at radius 2 is 1.95 bits per heavy atom. The van der Waals surface area contributed by atoms with E-state index in [9.17, 15) is 13.2 Å². The van der Waals surface area contributed by atoms with Crippen molar-refractivity contribution >= 4 is 16.1 Å². The highest BCUT2D eigenvalue weighted by Crippen LogP contribution is 2.13. The minimum absolute atomic E-state index is 0.154. The van der Waals surface area contributed by atoms with Crippen LogP contribution in [-0.2, 0) is 14.6 Å². The summed E-state index contributed by atoms with van der Waals surface area (Å²) >= 11 is 0. The third-order valence-corrected chi connectivity index (χ3v) is 4.09. The van der Waals surface area contributed by atoms with Crippen molar-refractivity contribution in [3.8, 4) is 5.69 Å². The van der Waals surface area contributed by atoms with Gasteiger partial charge in [0.15, 0.2) is 0 Å². The Balaban J connectivity index is 2.32. The normalized spacial score (nSPS) is 11.4. The molecule has 0 atom stereocenters. The van der Waals surface area contributed by atoms with Gasteiger partial charge in [0.1, 0.15) is 6.29 Å². The molecule has 100 valence electrons. The summed E-state index contributed by atoms with van der Waals surface area (Å²) in [7, 11) is -3.60. The van der Waals surface area contributed by atoms with Crippen LogP contribution < -0.4 is 0 Å². The number of nitrogens with zero attached hydrogens (tertiary/aromatic N) is 4. The zero-order valence-electron chi connectivity index (χ0n) is 10.0. The quantitative estimate of drug-likeness (QED) is 0.562. The fourth-order valence-electron chi connectivity index (χ4n) is 1.55. The van der Waals surface area contributed by atoms with Crippen LogP contribution in [0.25, 0.3) is 5.69 Å². The first kappa shape index (κ1) is 13.3. The number of rotatable bonds is 6. The maximum Gasteiger partial charge on any atom is 0.272 e. The lowest BCUT2D eigenvalue weighted by Crippen LogP contribution is -2.14. The highest BCUT2D eigenvalue weighted by Gasteiger charge is 2.23. The number of benzene rings is 1. The van der Waals surface area contributed by atoms with Crippen molar-refractivity contribution in [1.82, 2.24) is 20.2 Å². The fraction of sp³-hybridized carbons (Fsp3) is 0.273. The summed E-state index contributed by atoms with van der Waals surface area (Å²) in [5.41, 5.74) is 0.571. The predicted octanol–water partition coefficient (Wildman–Crippen LogP) is 0.415. The first-order valence-electron chi connectivity index (χ1n) is 5.65. The fourth-order valence-corrected chi connectivity index (χ4v) is 2.85. The topological polar surface area (TPSA) is 94.8 Å². The number of sulfone groups is 1. The third-order valence-electron chi connectivity index (χ3n) is 2.45. The van der Waals surface area contributed by atoms with Crippen LogP contribution in [-0.4, -0.2) is 40.7 Å². The monoisotopic (exact) mass is 280 g/mol. The van der Waals surface area contributed by atoms with Crippen LogP contribution in [0.3, 0.4) is 0 Å². The molecule has 2 aromatic rings. The van der Waals surface area contributed by atoms with E-state index >= 15 is 0 Å². The Labute approximate surface area is 110 Å². The molecule has 0 amide bonds. The molecule has 0 aliphatic rings. The molecule has 0 radical (unpaired) electrons. The number of unbranched alkanes of at least 4 members (excludes halogenated alkanes) is 1. The predicted molar refractivity (Wildman–Crippen MR) is 66.5 cm³/mol. The van der Waals surface area contributed by atoms with E-state index < -0.39 is 9.84 Å². The van der Waals surface area contributed by atoms with Crippen molar-refractivity contribution in [3.05, 3.63) is 30.3 Å². The number of tetrazole rings is 1. The second-order valence-electron chi connectivity index (χ2n) is 3.84. The second-order valence-corrected chi connectivity index (χ2v) is 5.84. The van der Waals surface area contributed by atoms with Crippen LogP contribution in [0.15, 0.2) is 35.5 Å². The largest absolute Gasteiger partial charge is 0.303 e. The van der Waals surface area contributed by atoms with E-state index in [2.05, 4.69) is 15.5 Å². The molecule has 0 N–H and O–H groups in total. The highest BCUT2D eigenvalue weighted by atomic mass is 32.2. The standard InChI is InChI=1S/C11H12N4O3S/c16-8-4-5-9-19(17,18)11-12-13-14-15(11)10-6-2-1-3-7-10/h1-3,6-8H,4-5,9H2. The number of para-hydroxylation sites is 1. The molecule has 0 spiro atoms. The first-order valence-corrected chi connectivity index (χ1v) is 7.30. The number of carbonyl (C=O) groups is 1. The molecule has 1 aromatic heterocycles. The molecule has 0 unspecified atom stereocenters. The Hall–Kier alpha value is -2.09. The lowest BCUT2D eigenvalue weighted by atomic mass is 10.3. The van der Waals surface area contributed by atoms with Gasteiger partial charge >= 0.3 is 0 Å². The summed E-state index contributed by atoms with van der Waals surface area (Å²) in [5, 5.41) is 10.5. The summed E-state index contributed by atoms with van der Waals surface area (Å²) < 4.78 is 25.3. The van der Waals surface area contributed by atoms with Crippen molar-refractivity contribution in [2.24, 2.45) is 0 Å². The van der Waals surface area contributed by atoms with Crippen LogP contribution in [0, 0.1) is 0 Å². The minimum atomic E-state index is -3.60. The number of hydrogen-bond donors (Lipinski definition) is 0. The molecule has 0 aliphatic carbocycles. The molecule has 7 nitrogen and oxygen atoms in total. The van der Waals surface area contributed by atoms with Gasteiger partial charge in [0.2, 0.25) is 9.84 Å². The van der Waals surface area contributed by atoms with Gasteiger partial charge in [-0.2, -0.15) is 4.68 Å². The van der Waals surface area contributed by atoms with Gasteiger partial charge in [-0.25, -0.2) is 8.42 Å². The lowest BCUT2D eigenvalue weighted by Gasteiger charge is -2.04. The maximum atomic E-state index is 12.1. The van der Waals surface area contributed by atoms with E-state index in [0.717, 1.165) is 0 Å². The second kappa shape index (κ2) is 5.70. The summed E-state index contributed by atoms with van der Waals surface area (Å²) in [6.07, 6.45) is 1.15.